The highest BCUT2D eigenvalue weighted by atomic mass is 32.2. The highest BCUT2D eigenvalue weighted by Gasteiger charge is 2.32. The van der Waals surface area contributed by atoms with Gasteiger partial charge in [-0.25, -0.2) is 13.4 Å². The number of fused-ring (bicyclic) bond motifs is 1. The van der Waals surface area contributed by atoms with E-state index in [1.54, 1.807) is 12.1 Å². The zero-order valence-corrected chi connectivity index (χ0v) is 20.3. The molecule has 0 aliphatic carbocycles. The van der Waals surface area contributed by atoms with Gasteiger partial charge in [0.15, 0.2) is 9.84 Å². The maximum absolute atomic E-state index is 13.2. The molecule has 1 heterocycles. The predicted octanol–water partition coefficient (Wildman–Crippen LogP) is 4.74. The number of carbonyl (C=O) groups excluding carboxylic acids is 1. The van der Waals surface area contributed by atoms with Crippen molar-refractivity contribution in [1.82, 2.24) is 9.55 Å². The number of nitrogens with zero attached hydrogens (tertiary/aromatic N) is 2. The first-order valence-electron chi connectivity index (χ1n) is 11.5. The van der Waals surface area contributed by atoms with E-state index in [9.17, 15) is 13.2 Å². The second-order valence-electron chi connectivity index (χ2n) is 8.41. The van der Waals surface area contributed by atoms with Crippen LogP contribution in [-0.4, -0.2) is 29.1 Å². The standard InChI is InChI=1S/C27H29N3O3S/c1-3-8-25(27(28)31)34(32,33)22-15-16-23-24(17-22)30(26(4-2)29-23)18-19-11-13-21(14-12-19)20-9-6-5-7-10-20/h5-7,9-17,25H,3-4,8,18H2,1-2H3,(H2,28,31). The van der Waals surface area contributed by atoms with Crippen LogP contribution in [0.4, 0.5) is 0 Å². The Kier molecular flexibility index (Phi) is 6.84. The molecule has 0 spiro atoms. The van der Waals surface area contributed by atoms with Gasteiger partial charge in [-0.2, -0.15) is 0 Å². The lowest BCUT2D eigenvalue weighted by atomic mass is 10.0. The molecule has 0 aliphatic heterocycles. The fourth-order valence-corrected chi connectivity index (χ4v) is 5.98. The van der Waals surface area contributed by atoms with Crippen molar-refractivity contribution in [2.45, 2.75) is 49.8 Å². The Balaban J connectivity index is 1.72. The lowest BCUT2D eigenvalue weighted by Crippen LogP contribution is -2.35. The van der Waals surface area contributed by atoms with Crippen LogP contribution < -0.4 is 5.73 Å². The summed E-state index contributed by atoms with van der Waals surface area (Å²) >= 11 is 0. The summed E-state index contributed by atoms with van der Waals surface area (Å²) in [4.78, 5) is 16.7. The van der Waals surface area contributed by atoms with Crippen LogP contribution in [0.15, 0.2) is 77.7 Å². The van der Waals surface area contributed by atoms with Gasteiger partial charge in [-0.15, -0.1) is 0 Å². The largest absolute Gasteiger partial charge is 0.369 e. The van der Waals surface area contributed by atoms with Gasteiger partial charge in [0.1, 0.15) is 11.1 Å². The maximum atomic E-state index is 13.2. The second kappa shape index (κ2) is 9.81. The molecule has 176 valence electrons. The lowest BCUT2D eigenvalue weighted by Gasteiger charge is -2.14. The smallest absolute Gasteiger partial charge is 0.236 e. The van der Waals surface area contributed by atoms with Crippen LogP contribution in [0.1, 0.15) is 38.1 Å². The number of hydrogen-bond acceptors (Lipinski definition) is 4. The van der Waals surface area contributed by atoms with Crippen LogP contribution in [0.25, 0.3) is 22.2 Å². The van der Waals surface area contributed by atoms with Crippen LogP contribution >= 0.6 is 0 Å². The zero-order valence-electron chi connectivity index (χ0n) is 19.4. The van der Waals surface area contributed by atoms with Gasteiger partial charge in [0.25, 0.3) is 0 Å². The molecule has 4 aromatic rings. The van der Waals surface area contributed by atoms with E-state index in [0.717, 1.165) is 33.5 Å². The Morgan fingerprint density at radius 2 is 1.65 bits per heavy atom. The van der Waals surface area contributed by atoms with Crippen molar-refractivity contribution in [1.29, 1.82) is 0 Å². The summed E-state index contributed by atoms with van der Waals surface area (Å²) in [6.45, 7) is 4.42. The third kappa shape index (κ3) is 4.61. The summed E-state index contributed by atoms with van der Waals surface area (Å²) in [5.74, 6) is 0.0555. The monoisotopic (exact) mass is 475 g/mol. The molecule has 0 aliphatic rings. The van der Waals surface area contributed by atoms with Crippen molar-refractivity contribution in [2.24, 2.45) is 5.73 Å². The van der Waals surface area contributed by atoms with Crippen LogP contribution in [0.3, 0.4) is 0 Å². The summed E-state index contributed by atoms with van der Waals surface area (Å²) in [6, 6.07) is 23.4. The highest BCUT2D eigenvalue weighted by Crippen LogP contribution is 2.27. The molecule has 0 saturated heterocycles. The zero-order chi connectivity index (χ0) is 24.3. The first kappa shape index (κ1) is 23.7. The number of hydrogen-bond donors (Lipinski definition) is 1. The summed E-state index contributed by atoms with van der Waals surface area (Å²) < 4.78 is 28.4. The Morgan fingerprint density at radius 3 is 2.26 bits per heavy atom. The van der Waals surface area contributed by atoms with Gasteiger partial charge in [0, 0.05) is 13.0 Å². The maximum Gasteiger partial charge on any atom is 0.236 e. The van der Waals surface area contributed by atoms with Crippen molar-refractivity contribution in [3.8, 4) is 11.1 Å². The Hall–Kier alpha value is -3.45. The number of amides is 1. The van der Waals surface area contributed by atoms with Crippen molar-refractivity contribution in [3.63, 3.8) is 0 Å². The number of primary amides is 1. The summed E-state index contributed by atoms with van der Waals surface area (Å²) in [7, 11) is -3.89. The normalized spacial score (nSPS) is 12.6. The van der Waals surface area contributed by atoms with E-state index < -0.39 is 21.0 Å². The molecule has 7 heteroatoms. The van der Waals surface area contributed by atoms with E-state index in [2.05, 4.69) is 36.4 Å². The fourth-order valence-electron chi connectivity index (χ4n) is 4.27. The number of benzene rings is 3. The summed E-state index contributed by atoms with van der Waals surface area (Å²) in [5.41, 5.74) is 10.3. The molecule has 1 unspecified atom stereocenters. The minimum atomic E-state index is -3.89. The fraction of sp³-hybridized carbons (Fsp3) is 0.259. The molecular formula is C27H29N3O3S. The number of sulfone groups is 1. The van der Waals surface area contributed by atoms with Crippen molar-refractivity contribution in [3.05, 3.63) is 84.2 Å². The van der Waals surface area contributed by atoms with Crippen LogP contribution in [0, 0.1) is 0 Å². The van der Waals surface area contributed by atoms with E-state index >= 15 is 0 Å². The minimum absolute atomic E-state index is 0.0977. The Morgan fingerprint density at radius 1 is 0.971 bits per heavy atom. The van der Waals surface area contributed by atoms with E-state index in [-0.39, 0.29) is 11.3 Å². The SMILES string of the molecule is CCCC(C(N)=O)S(=O)(=O)c1ccc2nc(CC)n(Cc3ccc(-c4ccccc4)cc3)c2c1. The molecule has 34 heavy (non-hydrogen) atoms. The third-order valence-corrected chi connectivity index (χ3v) is 8.22. The van der Waals surface area contributed by atoms with Gasteiger partial charge in [0.05, 0.1) is 15.9 Å². The number of imidazole rings is 1. The van der Waals surface area contributed by atoms with E-state index in [0.29, 0.717) is 19.4 Å². The van der Waals surface area contributed by atoms with Gasteiger partial charge in [-0.3, -0.25) is 4.79 Å². The molecule has 4 rings (SSSR count). The second-order valence-corrected chi connectivity index (χ2v) is 10.5. The van der Waals surface area contributed by atoms with E-state index in [1.165, 1.54) is 6.07 Å². The molecule has 2 N–H and O–H groups in total. The molecule has 1 atom stereocenters. The number of aromatic nitrogens is 2. The molecule has 6 nitrogen and oxygen atoms in total. The average Bonchev–Trinajstić information content (AvgIpc) is 3.20. The number of rotatable bonds is 9. The molecule has 3 aromatic carbocycles. The predicted molar refractivity (Wildman–Crippen MR) is 135 cm³/mol. The van der Waals surface area contributed by atoms with Crippen LogP contribution in [0.5, 0.6) is 0 Å². The van der Waals surface area contributed by atoms with Gasteiger partial charge in [-0.05, 0) is 41.3 Å². The molecular weight excluding hydrogens is 446 g/mol. The summed E-state index contributed by atoms with van der Waals surface area (Å²) in [5, 5.41) is -1.23. The first-order valence-corrected chi connectivity index (χ1v) is 13.1. The topological polar surface area (TPSA) is 95.1 Å². The minimum Gasteiger partial charge on any atom is -0.369 e. The van der Waals surface area contributed by atoms with Crippen molar-refractivity contribution in [2.75, 3.05) is 0 Å². The number of nitrogens with two attached hydrogens (primary N) is 1. The average molecular weight is 476 g/mol. The Bertz CT molecular complexity index is 1410. The van der Waals surface area contributed by atoms with Crippen LogP contribution in [0.2, 0.25) is 0 Å². The van der Waals surface area contributed by atoms with Gasteiger partial charge in [-0.1, -0.05) is 74.9 Å². The molecule has 1 amide bonds. The highest BCUT2D eigenvalue weighted by molar-refractivity contribution is 7.92. The first-order chi connectivity index (χ1) is 16.3. The lowest BCUT2D eigenvalue weighted by molar-refractivity contribution is -0.117. The molecule has 0 bridgehead atoms. The van der Waals surface area contributed by atoms with Crippen molar-refractivity contribution >= 4 is 26.8 Å². The van der Waals surface area contributed by atoms with Gasteiger partial charge < -0.3 is 10.3 Å². The molecule has 0 fully saturated rings. The third-order valence-electron chi connectivity index (χ3n) is 6.09. The number of aryl methyl sites for hydroxylation is 1. The summed E-state index contributed by atoms with van der Waals surface area (Å²) in [6.07, 6.45) is 1.45. The van der Waals surface area contributed by atoms with E-state index in [4.69, 9.17) is 10.7 Å². The number of carbonyl (C=O) groups is 1. The van der Waals surface area contributed by atoms with Crippen LogP contribution in [-0.2, 0) is 27.6 Å². The van der Waals surface area contributed by atoms with Gasteiger partial charge in [0.2, 0.25) is 5.91 Å². The Labute approximate surface area is 200 Å². The molecule has 0 saturated carbocycles. The molecule has 1 aromatic heterocycles. The molecule has 0 radical (unpaired) electrons. The quantitative estimate of drug-likeness (QED) is 0.378. The van der Waals surface area contributed by atoms with Gasteiger partial charge >= 0.3 is 0 Å². The van der Waals surface area contributed by atoms with E-state index in [1.807, 2.05) is 36.6 Å². The van der Waals surface area contributed by atoms with Crippen molar-refractivity contribution < 1.29 is 13.2 Å².